The Morgan fingerprint density at radius 1 is 1.39 bits per heavy atom. The van der Waals surface area contributed by atoms with Gasteiger partial charge in [0.05, 0.1) is 11.4 Å². The van der Waals surface area contributed by atoms with E-state index < -0.39 is 0 Å². The highest BCUT2D eigenvalue weighted by Gasteiger charge is 2.14. The number of halogens is 1. The summed E-state index contributed by atoms with van der Waals surface area (Å²) < 4.78 is 13.7. The maximum Gasteiger partial charge on any atom is 0.189 e. The van der Waals surface area contributed by atoms with Crippen LogP contribution in [0.15, 0.2) is 29.6 Å². The monoisotopic (exact) mass is 265 g/mol. The Morgan fingerprint density at radius 3 is 2.78 bits per heavy atom. The molecular weight excluding hydrogens is 249 g/mol. The van der Waals surface area contributed by atoms with Gasteiger partial charge in [-0.1, -0.05) is 12.1 Å². The van der Waals surface area contributed by atoms with Crippen LogP contribution in [0.25, 0.3) is 0 Å². The minimum Gasteiger partial charge on any atom is -0.318 e. The molecule has 0 bridgehead atoms. The average Bonchev–Trinajstić information content (AvgIpc) is 2.87. The fourth-order valence-electron chi connectivity index (χ4n) is 1.60. The number of benzene rings is 1. The fraction of sp³-hybridized carbons (Fsp3) is 0.308. The first kappa shape index (κ1) is 13.0. The minimum absolute atomic E-state index is 0.198. The summed E-state index contributed by atoms with van der Waals surface area (Å²) in [5, 5.41) is 5.92. The van der Waals surface area contributed by atoms with Crippen LogP contribution in [0.4, 0.5) is 15.2 Å². The van der Waals surface area contributed by atoms with Crippen LogP contribution in [-0.2, 0) is 0 Å². The molecule has 0 radical (unpaired) electrons. The van der Waals surface area contributed by atoms with Gasteiger partial charge in [-0.25, -0.2) is 9.37 Å². The number of aromatic nitrogens is 1. The van der Waals surface area contributed by atoms with E-state index in [1.807, 2.05) is 32.5 Å². The van der Waals surface area contributed by atoms with E-state index in [2.05, 4.69) is 10.3 Å². The van der Waals surface area contributed by atoms with Gasteiger partial charge in [0.25, 0.3) is 0 Å². The predicted octanol–water partition coefficient (Wildman–Crippen LogP) is 3.33. The summed E-state index contributed by atoms with van der Waals surface area (Å²) in [4.78, 5) is 6.28. The lowest BCUT2D eigenvalue weighted by Gasteiger charge is -2.16. The zero-order valence-electron chi connectivity index (χ0n) is 10.6. The first-order valence-corrected chi connectivity index (χ1v) is 6.62. The van der Waals surface area contributed by atoms with E-state index in [9.17, 15) is 4.39 Å². The van der Waals surface area contributed by atoms with Gasteiger partial charge in [-0.3, -0.25) is 0 Å². The zero-order chi connectivity index (χ0) is 13.1. The maximum absolute atomic E-state index is 13.7. The lowest BCUT2D eigenvalue weighted by atomic mass is 10.3. The van der Waals surface area contributed by atoms with Crippen molar-refractivity contribution in [2.75, 3.05) is 19.0 Å². The molecule has 1 aromatic heterocycles. The van der Waals surface area contributed by atoms with E-state index in [1.165, 1.54) is 17.4 Å². The molecule has 0 fully saturated rings. The van der Waals surface area contributed by atoms with Crippen LogP contribution >= 0.6 is 11.3 Å². The Hall–Kier alpha value is -1.46. The summed E-state index contributed by atoms with van der Waals surface area (Å²) in [6.45, 7) is 2.04. The standard InChI is InChI=1S/C13H16FN3S/c1-9(15-2)11-8-18-13(16-11)17(3)12-7-5-4-6-10(12)14/h4-9,15H,1-3H3. The SMILES string of the molecule is CNC(C)c1csc(N(C)c2ccccc2F)n1. The first-order valence-electron chi connectivity index (χ1n) is 5.74. The smallest absolute Gasteiger partial charge is 0.189 e. The molecule has 2 aromatic rings. The summed E-state index contributed by atoms with van der Waals surface area (Å²) >= 11 is 1.51. The van der Waals surface area contributed by atoms with Crippen LogP contribution in [0, 0.1) is 5.82 Å². The molecule has 5 heteroatoms. The van der Waals surface area contributed by atoms with Crippen LogP contribution in [0.5, 0.6) is 0 Å². The van der Waals surface area contributed by atoms with E-state index >= 15 is 0 Å². The number of hydrogen-bond acceptors (Lipinski definition) is 4. The molecule has 18 heavy (non-hydrogen) atoms. The summed E-state index contributed by atoms with van der Waals surface area (Å²) in [6.07, 6.45) is 0. The van der Waals surface area contributed by atoms with Crippen LogP contribution < -0.4 is 10.2 Å². The molecule has 0 amide bonds. The van der Waals surface area contributed by atoms with Gasteiger partial charge in [-0.2, -0.15) is 0 Å². The molecule has 0 saturated heterocycles. The molecule has 0 aliphatic rings. The highest BCUT2D eigenvalue weighted by Crippen LogP contribution is 2.30. The van der Waals surface area contributed by atoms with Gasteiger partial charge in [-0.05, 0) is 26.1 Å². The number of hydrogen-bond donors (Lipinski definition) is 1. The van der Waals surface area contributed by atoms with Crippen molar-refractivity contribution in [1.82, 2.24) is 10.3 Å². The fourth-order valence-corrected chi connectivity index (χ4v) is 2.50. The third kappa shape index (κ3) is 2.52. The number of thiazole rings is 1. The van der Waals surface area contributed by atoms with Crippen LogP contribution in [-0.4, -0.2) is 19.1 Å². The molecule has 0 saturated carbocycles. The second-order valence-electron chi connectivity index (χ2n) is 4.08. The van der Waals surface area contributed by atoms with Crippen molar-refractivity contribution in [3.05, 3.63) is 41.2 Å². The average molecular weight is 265 g/mol. The number of para-hydroxylation sites is 1. The van der Waals surface area contributed by atoms with Crippen molar-refractivity contribution < 1.29 is 4.39 Å². The van der Waals surface area contributed by atoms with Crippen LogP contribution in [0.2, 0.25) is 0 Å². The summed E-state index contributed by atoms with van der Waals surface area (Å²) in [7, 11) is 3.72. The lowest BCUT2D eigenvalue weighted by molar-refractivity contribution is 0.626. The van der Waals surface area contributed by atoms with Gasteiger partial charge in [0, 0.05) is 18.5 Å². The third-order valence-corrected chi connectivity index (χ3v) is 3.82. The van der Waals surface area contributed by atoms with Gasteiger partial charge in [0.15, 0.2) is 5.13 Å². The molecule has 1 N–H and O–H groups in total. The zero-order valence-corrected chi connectivity index (χ0v) is 11.5. The van der Waals surface area contributed by atoms with E-state index in [0.29, 0.717) is 5.69 Å². The van der Waals surface area contributed by atoms with Gasteiger partial charge in [0.1, 0.15) is 5.82 Å². The molecule has 96 valence electrons. The second-order valence-corrected chi connectivity index (χ2v) is 4.91. The topological polar surface area (TPSA) is 28.2 Å². The van der Waals surface area contributed by atoms with Crippen molar-refractivity contribution >= 4 is 22.2 Å². The summed E-state index contributed by atoms with van der Waals surface area (Å²) in [5.41, 5.74) is 1.51. The predicted molar refractivity (Wildman–Crippen MR) is 74.1 cm³/mol. The number of rotatable bonds is 4. The van der Waals surface area contributed by atoms with Gasteiger partial charge >= 0.3 is 0 Å². The quantitative estimate of drug-likeness (QED) is 0.919. The Bertz CT molecular complexity index is 526. The molecule has 3 nitrogen and oxygen atoms in total. The molecule has 2 rings (SSSR count). The van der Waals surface area contributed by atoms with E-state index in [-0.39, 0.29) is 11.9 Å². The molecule has 1 aromatic carbocycles. The summed E-state index contributed by atoms with van der Waals surface area (Å²) in [6, 6.07) is 6.90. The van der Waals surface area contributed by atoms with Crippen molar-refractivity contribution in [2.24, 2.45) is 0 Å². The second kappa shape index (κ2) is 5.46. The Labute approximate surface area is 110 Å². The molecule has 1 heterocycles. The molecule has 1 atom stereocenters. The normalized spacial score (nSPS) is 12.4. The summed E-state index contributed by atoms with van der Waals surface area (Å²) in [5.74, 6) is -0.238. The maximum atomic E-state index is 13.7. The highest BCUT2D eigenvalue weighted by molar-refractivity contribution is 7.13. The number of nitrogens with zero attached hydrogens (tertiary/aromatic N) is 2. The van der Waals surface area contributed by atoms with Crippen molar-refractivity contribution in [2.45, 2.75) is 13.0 Å². The molecule has 0 aliphatic carbocycles. The Balaban J connectivity index is 2.27. The Kier molecular flexibility index (Phi) is 3.93. The molecular formula is C13H16FN3S. The number of nitrogens with one attached hydrogen (secondary N) is 1. The van der Waals surface area contributed by atoms with Crippen molar-refractivity contribution in [3.8, 4) is 0 Å². The van der Waals surface area contributed by atoms with Crippen LogP contribution in [0.3, 0.4) is 0 Å². The van der Waals surface area contributed by atoms with Gasteiger partial charge < -0.3 is 10.2 Å². The van der Waals surface area contributed by atoms with Crippen molar-refractivity contribution in [1.29, 1.82) is 0 Å². The lowest BCUT2D eigenvalue weighted by Crippen LogP contribution is -2.14. The number of anilines is 2. The molecule has 0 aliphatic heterocycles. The largest absolute Gasteiger partial charge is 0.318 e. The van der Waals surface area contributed by atoms with E-state index in [4.69, 9.17) is 0 Å². The van der Waals surface area contributed by atoms with Gasteiger partial charge in [0.2, 0.25) is 0 Å². The van der Waals surface area contributed by atoms with E-state index in [0.717, 1.165) is 10.8 Å². The first-order chi connectivity index (χ1) is 8.63. The minimum atomic E-state index is -0.238. The Morgan fingerprint density at radius 2 is 2.11 bits per heavy atom. The molecule has 0 spiro atoms. The highest BCUT2D eigenvalue weighted by atomic mass is 32.1. The third-order valence-electron chi connectivity index (χ3n) is 2.89. The van der Waals surface area contributed by atoms with E-state index in [1.54, 1.807) is 17.0 Å². The molecule has 1 unspecified atom stereocenters. The van der Waals surface area contributed by atoms with Crippen molar-refractivity contribution in [3.63, 3.8) is 0 Å². The van der Waals surface area contributed by atoms with Gasteiger partial charge in [-0.15, -0.1) is 11.3 Å². The van der Waals surface area contributed by atoms with Crippen LogP contribution in [0.1, 0.15) is 18.7 Å².